The number of hydrogen-bond donors (Lipinski definition) is 1. The first-order valence-corrected chi connectivity index (χ1v) is 6.64. The van der Waals surface area contributed by atoms with Gasteiger partial charge in [0.15, 0.2) is 0 Å². The zero-order valence-corrected chi connectivity index (χ0v) is 11.5. The van der Waals surface area contributed by atoms with Gasteiger partial charge in [-0.15, -0.1) is 0 Å². The fraction of sp³-hybridized carbons (Fsp3) is 0.286. The summed E-state index contributed by atoms with van der Waals surface area (Å²) < 4.78 is 6.86. The van der Waals surface area contributed by atoms with E-state index in [0.29, 0.717) is 0 Å². The quantitative estimate of drug-likeness (QED) is 0.836. The van der Waals surface area contributed by atoms with Crippen molar-refractivity contribution in [3.63, 3.8) is 0 Å². The Hall–Kier alpha value is -1.06. The SMILES string of the molecule is CCCNCc1ccc(-c2ccc(Br)cc2)o1. The van der Waals surface area contributed by atoms with Gasteiger partial charge in [0.05, 0.1) is 6.54 Å². The molecule has 1 aromatic carbocycles. The number of furan rings is 1. The van der Waals surface area contributed by atoms with E-state index in [1.54, 1.807) is 0 Å². The summed E-state index contributed by atoms with van der Waals surface area (Å²) in [6.45, 7) is 3.97. The molecule has 0 fully saturated rings. The fourth-order valence-electron chi connectivity index (χ4n) is 1.63. The molecule has 0 amide bonds. The summed E-state index contributed by atoms with van der Waals surface area (Å²) in [5.41, 5.74) is 1.11. The highest BCUT2D eigenvalue weighted by Crippen LogP contribution is 2.23. The first-order valence-electron chi connectivity index (χ1n) is 5.85. The molecule has 0 radical (unpaired) electrons. The summed E-state index contributed by atoms with van der Waals surface area (Å²) in [7, 11) is 0. The van der Waals surface area contributed by atoms with Gasteiger partial charge in [0.1, 0.15) is 11.5 Å². The minimum Gasteiger partial charge on any atom is -0.460 e. The van der Waals surface area contributed by atoms with Crippen molar-refractivity contribution in [2.75, 3.05) is 6.54 Å². The molecular weight excluding hydrogens is 278 g/mol. The van der Waals surface area contributed by atoms with Crippen molar-refractivity contribution in [2.24, 2.45) is 0 Å². The Bertz CT molecular complexity index is 461. The Morgan fingerprint density at radius 3 is 2.59 bits per heavy atom. The minimum atomic E-state index is 0.796. The first-order chi connectivity index (χ1) is 8.29. The second-order valence-electron chi connectivity index (χ2n) is 3.95. The molecule has 0 saturated carbocycles. The molecule has 2 rings (SSSR count). The van der Waals surface area contributed by atoms with E-state index >= 15 is 0 Å². The van der Waals surface area contributed by atoms with Crippen LogP contribution in [0.2, 0.25) is 0 Å². The molecule has 3 heteroatoms. The molecule has 0 aliphatic carbocycles. The maximum atomic E-state index is 5.78. The Balaban J connectivity index is 2.04. The molecule has 0 spiro atoms. The van der Waals surface area contributed by atoms with Crippen molar-refractivity contribution in [1.82, 2.24) is 5.32 Å². The van der Waals surface area contributed by atoms with Crippen molar-refractivity contribution >= 4 is 15.9 Å². The van der Waals surface area contributed by atoms with Crippen LogP contribution in [0.4, 0.5) is 0 Å². The molecule has 1 N–H and O–H groups in total. The van der Waals surface area contributed by atoms with Gasteiger partial charge in [-0.25, -0.2) is 0 Å². The van der Waals surface area contributed by atoms with E-state index < -0.39 is 0 Å². The fourth-order valence-corrected chi connectivity index (χ4v) is 1.89. The third-order valence-electron chi connectivity index (χ3n) is 2.52. The lowest BCUT2D eigenvalue weighted by Crippen LogP contribution is -2.12. The predicted octanol–water partition coefficient (Wildman–Crippen LogP) is 4.21. The van der Waals surface area contributed by atoms with Gasteiger partial charge in [-0.1, -0.05) is 35.0 Å². The molecule has 0 unspecified atom stereocenters. The average Bonchev–Trinajstić information content (AvgIpc) is 2.79. The van der Waals surface area contributed by atoms with Crippen LogP contribution < -0.4 is 5.32 Å². The van der Waals surface area contributed by atoms with E-state index in [0.717, 1.165) is 41.1 Å². The van der Waals surface area contributed by atoms with Crippen molar-refractivity contribution in [1.29, 1.82) is 0 Å². The molecule has 0 bridgehead atoms. The second-order valence-corrected chi connectivity index (χ2v) is 4.87. The molecule has 90 valence electrons. The van der Waals surface area contributed by atoms with Gasteiger partial charge in [-0.05, 0) is 37.2 Å². The van der Waals surface area contributed by atoms with Crippen LogP contribution in [0, 0.1) is 0 Å². The number of nitrogens with one attached hydrogen (secondary N) is 1. The molecular formula is C14H16BrNO. The van der Waals surface area contributed by atoms with Crippen LogP contribution in [-0.4, -0.2) is 6.54 Å². The van der Waals surface area contributed by atoms with Gasteiger partial charge >= 0.3 is 0 Å². The van der Waals surface area contributed by atoms with Gasteiger partial charge in [0, 0.05) is 10.0 Å². The van der Waals surface area contributed by atoms with E-state index in [2.05, 4.69) is 28.2 Å². The maximum Gasteiger partial charge on any atom is 0.134 e. The van der Waals surface area contributed by atoms with E-state index in [-0.39, 0.29) is 0 Å². The molecule has 1 aromatic heterocycles. The molecule has 0 atom stereocenters. The van der Waals surface area contributed by atoms with Crippen LogP contribution in [0.15, 0.2) is 45.3 Å². The summed E-state index contributed by atoms with van der Waals surface area (Å²) >= 11 is 3.42. The zero-order valence-electron chi connectivity index (χ0n) is 9.87. The summed E-state index contributed by atoms with van der Waals surface area (Å²) in [6, 6.07) is 12.2. The van der Waals surface area contributed by atoms with Gasteiger partial charge in [-0.3, -0.25) is 0 Å². The van der Waals surface area contributed by atoms with E-state index in [1.165, 1.54) is 0 Å². The van der Waals surface area contributed by atoms with E-state index in [4.69, 9.17) is 4.42 Å². The second kappa shape index (κ2) is 6.03. The highest BCUT2D eigenvalue weighted by Gasteiger charge is 2.04. The lowest BCUT2D eigenvalue weighted by molar-refractivity contribution is 0.493. The summed E-state index contributed by atoms with van der Waals surface area (Å²) in [5, 5.41) is 3.32. The highest BCUT2D eigenvalue weighted by atomic mass is 79.9. The highest BCUT2D eigenvalue weighted by molar-refractivity contribution is 9.10. The molecule has 2 nitrogen and oxygen atoms in total. The number of rotatable bonds is 5. The molecule has 0 aliphatic rings. The van der Waals surface area contributed by atoms with E-state index in [1.807, 2.05) is 36.4 Å². The smallest absolute Gasteiger partial charge is 0.134 e. The topological polar surface area (TPSA) is 25.2 Å². The average molecular weight is 294 g/mol. The third-order valence-corrected chi connectivity index (χ3v) is 3.05. The molecule has 1 heterocycles. The van der Waals surface area contributed by atoms with Crippen molar-refractivity contribution in [3.05, 3.63) is 46.6 Å². The van der Waals surface area contributed by atoms with E-state index in [9.17, 15) is 0 Å². The number of hydrogen-bond acceptors (Lipinski definition) is 2. The molecule has 0 aliphatic heterocycles. The summed E-state index contributed by atoms with van der Waals surface area (Å²) in [5.74, 6) is 1.90. The largest absolute Gasteiger partial charge is 0.460 e. The normalized spacial score (nSPS) is 10.7. The zero-order chi connectivity index (χ0) is 12.1. The summed E-state index contributed by atoms with van der Waals surface area (Å²) in [6.07, 6.45) is 1.14. The Kier molecular flexibility index (Phi) is 4.40. The summed E-state index contributed by atoms with van der Waals surface area (Å²) in [4.78, 5) is 0. The van der Waals surface area contributed by atoms with Gasteiger partial charge in [0.2, 0.25) is 0 Å². The lowest BCUT2D eigenvalue weighted by Gasteiger charge is -2.00. The van der Waals surface area contributed by atoms with Crippen LogP contribution in [0.1, 0.15) is 19.1 Å². The van der Waals surface area contributed by atoms with Crippen molar-refractivity contribution in [3.8, 4) is 11.3 Å². The van der Waals surface area contributed by atoms with Crippen molar-refractivity contribution in [2.45, 2.75) is 19.9 Å². The molecule has 0 saturated heterocycles. The Morgan fingerprint density at radius 2 is 1.88 bits per heavy atom. The van der Waals surface area contributed by atoms with Crippen LogP contribution in [0.25, 0.3) is 11.3 Å². The Labute approximate surface area is 110 Å². The monoisotopic (exact) mass is 293 g/mol. The van der Waals surface area contributed by atoms with Crippen LogP contribution in [0.3, 0.4) is 0 Å². The molecule has 2 aromatic rings. The van der Waals surface area contributed by atoms with Crippen LogP contribution >= 0.6 is 15.9 Å². The van der Waals surface area contributed by atoms with Gasteiger partial charge in [0.25, 0.3) is 0 Å². The number of benzene rings is 1. The van der Waals surface area contributed by atoms with Gasteiger partial charge < -0.3 is 9.73 Å². The number of halogens is 1. The maximum absolute atomic E-state index is 5.78. The Morgan fingerprint density at radius 1 is 1.12 bits per heavy atom. The third kappa shape index (κ3) is 3.45. The minimum absolute atomic E-state index is 0.796. The first kappa shape index (κ1) is 12.4. The molecule has 17 heavy (non-hydrogen) atoms. The lowest BCUT2D eigenvalue weighted by atomic mass is 10.2. The van der Waals surface area contributed by atoms with Gasteiger partial charge in [-0.2, -0.15) is 0 Å². The standard InChI is InChI=1S/C14H16BrNO/c1-2-9-16-10-13-7-8-14(17-13)11-3-5-12(15)6-4-11/h3-8,16H,2,9-10H2,1H3. The predicted molar refractivity (Wildman–Crippen MR) is 73.8 cm³/mol. The van der Waals surface area contributed by atoms with Crippen LogP contribution in [0.5, 0.6) is 0 Å². The van der Waals surface area contributed by atoms with Crippen LogP contribution in [-0.2, 0) is 6.54 Å². The van der Waals surface area contributed by atoms with Crippen molar-refractivity contribution < 1.29 is 4.42 Å².